The number of hydrogen-bond donors (Lipinski definition) is 1. The highest BCUT2D eigenvalue weighted by atomic mass is 79.9. The first kappa shape index (κ1) is 13.4. The van der Waals surface area contributed by atoms with Gasteiger partial charge in [0.25, 0.3) is 0 Å². The van der Waals surface area contributed by atoms with Crippen molar-refractivity contribution in [2.75, 3.05) is 14.2 Å². The van der Waals surface area contributed by atoms with Crippen LogP contribution in [-0.2, 0) is 6.42 Å². The molecule has 0 radical (unpaired) electrons. The van der Waals surface area contributed by atoms with Crippen molar-refractivity contribution in [1.29, 1.82) is 0 Å². The van der Waals surface area contributed by atoms with Gasteiger partial charge in [-0.3, -0.25) is 0 Å². The van der Waals surface area contributed by atoms with Gasteiger partial charge in [-0.05, 0) is 77.7 Å². The summed E-state index contributed by atoms with van der Waals surface area (Å²) < 4.78 is 6.34. The predicted octanol–water partition coefficient (Wildman–Crippen LogP) is 3.63. The van der Waals surface area contributed by atoms with Crippen LogP contribution in [0.5, 0.6) is 5.75 Å². The second-order valence-corrected chi connectivity index (χ2v) is 6.76. The van der Waals surface area contributed by atoms with Gasteiger partial charge in [0.05, 0.1) is 11.6 Å². The van der Waals surface area contributed by atoms with Crippen LogP contribution in [0.25, 0.3) is 0 Å². The lowest BCUT2D eigenvalue weighted by atomic mass is 9.97. The van der Waals surface area contributed by atoms with Crippen LogP contribution >= 0.6 is 15.9 Å². The van der Waals surface area contributed by atoms with Gasteiger partial charge in [-0.15, -0.1) is 0 Å². The van der Waals surface area contributed by atoms with E-state index in [4.69, 9.17) is 4.74 Å². The standard InChI is InChI=1S/C16H22BrNO/c1-18-14(16-11-4-3-5-12(11)16)9-10-6-7-15(19-2)13(17)8-10/h6-8,11-12,14,16,18H,3-5,9H2,1-2H3. The number of likely N-dealkylation sites (N-methyl/N-ethyl adjacent to an activating group) is 1. The van der Waals surface area contributed by atoms with Gasteiger partial charge in [-0.2, -0.15) is 0 Å². The molecule has 1 aromatic carbocycles. The molecule has 1 N–H and O–H groups in total. The molecule has 2 nitrogen and oxygen atoms in total. The molecule has 0 aromatic heterocycles. The topological polar surface area (TPSA) is 21.3 Å². The van der Waals surface area contributed by atoms with Crippen molar-refractivity contribution in [3.8, 4) is 5.75 Å². The van der Waals surface area contributed by atoms with Crippen LogP contribution in [0, 0.1) is 17.8 Å². The lowest BCUT2D eigenvalue weighted by molar-refractivity contribution is 0.410. The lowest BCUT2D eigenvalue weighted by Crippen LogP contribution is -2.31. The van der Waals surface area contributed by atoms with Crippen molar-refractivity contribution in [3.63, 3.8) is 0 Å². The fraction of sp³-hybridized carbons (Fsp3) is 0.625. The summed E-state index contributed by atoms with van der Waals surface area (Å²) in [5, 5.41) is 3.54. The Hall–Kier alpha value is -0.540. The van der Waals surface area contributed by atoms with Gasteiger partial charge >= 0.3 is 0 Å². The summed E-state index contributed by atoms with van der Waals surface area (Å²) in [5.74, 6) is 3.85. The van der Waals surface area contributed by atoms with Crippen molar-refractivity contribution in [1.82, 2.24) is 5.32 Å². The third-order valence-corrected chi connectivity index (χ3v) is 5.60. The maximum Gasteiger partial charge on any atom is 0.133 e. The Balaban J connectivity index is 1.68. The van der Waals surface area contributed by atoms with Crippen molar-refractivity contribution in [2.24, 2.45) is 17.8 Å². The molecular formula is C16H22BrNO. The van der Waals surface area contributed by atoms with E-state index >= 15 is 0 Å². The molecule has 0 amide bonds. The summed E-state index contributed by atoms with van der Waals surface area (Å²) in [6.07, 6.45) is 5.49. The second kappa shape index (κ2) is 5.45. The van der Waals surface area contributed by atoms with E-state index in [0.717, 1.165) is 34.4 Å². The fourth-order valence-electron chi connectivity index (χ4n) is 4.00. The molecule has 0 saturated heterocycles. The first-order valence-corrected chi connectivity index (χ1v) is 8.03. The zero-order valence-electron chi connectivity index (χ0n) is 11.7. The molecule has 3 heteroatoms. The summed E-state index contributed by atoms with van der Waals surface area (Å²) in [4.78, 5) is 0. The van der Waals surface area contributed by atoms with Crippen molar-refractivity contribution in [2.45, 2.75) is 31.7 Å². The van der Waals surface area contributed by atoms with E-state index in [2.05, 4.69) is 46.5 Å². The van der Waals surface area contributed by atoms with E-state index in [9.17, 15) is 0 Å². The molecule has 0 spiro atoms. The summed E-state index contributed by atoms with van der Waals surface area (Å²) in [6, 6.07) is 7.07. The van der Waals surface area contributed by atoms with E-state index in [1.807, 2.05) is 0 Å². The Morgan fingerprint density at radius 2 is 2.11 bits per heavy atom. The highest BCUT2D eigenvalue weighted by Gasteiger charge is 2.55. The van der Waals surface area contributed by atoms with Crippen LogP contribution < -0.4 is 10.1 Å². The molecule has 1 aromatic rings. The molecule has 104 valence electrons. The third-order valence-electron chi connectivity index (χ3n) is 4.98. The number of rotatable bonds is 5. The molecule has 0 bridgehead atoms. The lowest BCUT2D eigenvalue weighted by Gasteiger charge is -2.19. The van der Waals surface area contributed by atoms with Crippen molar-refractivity contribution < 1.29 is 4.74 Å². The Kier molecular flexibility index (Phi) is 3.86. The molecule has 19 heavy (non-hydrogen) atoms. The van der Waals surface area contributed by atoms with Crippen LogP contribution in [0.4, 0.5) is 0 Å². The number of fused-ring (bicyclic) bond motifs is 1. The summed E-state index contributed by atoms with van der Waals surface area (Å²) in [6.45, 7) is 0. The van der Waals surface area contributed by atoms with E-state index in [-0.39, 0.29) is 0 Å². The number of methoxy groups -OCH3 is 1. The van der Waals surface area contributed by atoms with Gasteiger partial charge in [0.1, 0.15) is 5.75 Å². The number of hydrogen-bond acceptors (Lipinski definition) is 2. The number of benzene rings is 1. The minimum Gasteiger partial charge on any atom is -0.496 e. The smallest absolute Gasteiger partial charge is 0.133 e. The molecule has 2 aliphatic rings. The minimum absolute atomic E-state index is 0.635. The largest absolute Gasteiger partial charge is 0.496 e. The van der Waals surface area contributed by atoms with Gasteiger partial charge in [0.15, 0.2) is 0 Å². The zero-order chi connectivity index (χ0) is 13.4. The molecule has 3 rings (SSSR count). The van der Waals surface area contributed by atoms with Gasteiger partial charge in [-0.1, -0.05) is 12.5 Å². The van der Waals surface area contributed by atoms with Crippen LogP contribution in [0.3, 0.4) is 0 Å². The maximum atomic E-state index is 5.29. The summed E-state index contributed by atoms with van der Waals surface area (Å²) in [5.41, 5.74) is 1.39. The van der Waals surface area contributed by atoms with Gasteiger partial charge in [0.2, 0.25) is 0 Å². The number of ether oxygens (including phenoxy) is 1. The maximum absolute atomic E-state index is 5.29. The monoisotopic (exact) mass is 323 g/mol. The first-order chi connectivity index (χ1) is 9.24. The van der Waals surface area contributed by atoms with Crippen LogP contribution in [0.2, 0.25) is 0 Å². The quantitative estimate of drug-likeness (QED) is 0.893. The fourth-order valence-corrected chi connectivity index (χ4v) is 4.58. The molecule has 2 saturated carbocycles. The van der Waals surface area contributed by atoms with E-state index in [1.54, 1.807) is 7.11 Å². The number of nitrogens with one attached hydrogen (secondary N) is 1. The zero-order valence-corrected chi connectivity index (χ0v) is 13.2. The summed E-state index contributed by atoms with van der Waals surface area (Å²) in [7, 11) is 3.82. The van der Waals surface area contributed by atoms with E-state index < -0.39 is 0 Å². The molecule has 3 unspecified atom stereocenters. The summed E-state index contributed by atoms with van der Waals surface area (Å²) >= 11 is 3.57. The average molecular weight is 324 g/mol. The SMILES string of the molecule is CNC(Cc1ccc(OC)c(Br)c1)C1C2CCCC21. The van der Waals surface area contributed by atoms with Gasteiger partial charge in [0, 0.05) is 6.04 Å². The molecule has 2 aliphatic carbocycles. The molecular weight excluding hydrogens is 302 g/mol. The first-order valence-electron chi connectivity index (χ1n) is 7.24. The minimum atomic E-state index is 0.635. The molecule has 0 aliphatic heterocycles. The van der Waals surface area contributed by atoms with Crippen molar-refractivity contribution in [3.05, 3.63) is 28.2 Å². The van der Waals surface area contributed by atoms with E-state index in [0.29, 0.717) is 6.04 Å². The van der Waals surface area contributed by atoms with Crippen LogP contribution in [0.1, 0.15) is 24.8 Å². The van der Waals surface area contributed by atoms with Gasteiger partial charge in [-0.25, -0.2) is 0 Å². The van der Waals surface area contributed by atoms with Crippen LogP contribution in [-0.4, -0.2) is 20.2 Å². The predicted molar refractivity (Wildman–Crippen MR) is 81.6 cm³/mol. The van der Waals surface area contributed by atoms with E-state index in [1.165, 1.54) is 24.8 Å². The van der Waals surface area contributed by atoms with Crippen molar-refractivity contribution >= 4 is 15.9 Å². The normalized spacial score (nSPS) is 29.9. The third kappa shape index (κ3) is 2.55. The second-order valence-electron chi connectivity index (χ2n) is 5.90. The average Bonchev–Trinajstić information content (AvgIpc) is 2.88. The Bertz CT molecular complexity index is 452. The molecule has 2 fully saturated rings. The Morgan fingerprint density at radius 3 is 2.68 bits per heavy atom. The Morgan fingerprint density at radius 1 is 1.37 bits per heavy atom. The molecule has 3 atom stereocenters. The number of halogens is 1. The Labute approximate surface area is 124 Å². The highest BCUT2D eigenvalue weighted by Crippen LogP contribution is 2.59. The molecule has 0 heterocycles. The highest BCUT2D eigenvalue weighted by molar-refractivity contribution is 9.10. The van der Waals surface area contributed by atoms with Gasteiger partial charge < -0.3 is 10.1 Å². The van der Waals surface area contributed by atoms with Crippen LogP contribution in [0.15, 0.2) is 22.7 Å².